The first-order chi connectivity index (χ1) is 9.11. The molecule has 2 atom stereocenters. The molecule has 1 aromatic carbocycles. The number of amides is 1. The molecule has 1 heterocycles. The first-order valence-electron chi connectivity index (χ1n) is 6.77. The largest absolute Gasteiger partial charge is 0.339 e. The topological polar surface area (TPSA) is 20.3 Å². The van der Waals surface area contributed by atoms with Crippen molar-refractivity contribution in [3.05, 3.63) is 48.3 Å². The lowest BCUT2D eigenvalue weighted by molar-refractivity contribution is -0.131. The van der Waals surface area contributed by atoms with E-state index in [2.05, 4.69) is 13.5 Å². The molecule has 2 rings (SSSR count). The van der Waals surface area contributed by atoms with E-state index in [9.17, 15) is 9.18 Å². The Hall–Kier alpha value is -1.64. The molecule has 1 aliphatic heterocycles. The van der Waals surface area contributed by atoms with Crippen molar-refractivity contribution in [1.29, 1.82) is 0 Å². The summed E-state index contributed by atoms with van der Waals surface area (Å²) < 4.78 is 12.9. The number of allylic oxidation sites excluding steroid dienone is 1. The lowest BCUT2D eigenvalue weighted by Gasteiger charge is -2.21. The molecule has 3 heteroatoms. The molecular formula is C16H20FNO. The summed E-state index contributed by atoms with van der Waals surface area (Å²) in [6, 6.07) is 6.88. The molecule has 2 nitrogen and oxygen atoms in total. The minimum absolute atomic E-state index is 0.192. The van der Waals surface area contributed by atoms with E-state index in [1.54, 1.807) is 6.08 Å². The van der Waals surface area contributed by atoms with Crippen LogP contribution < -0.4 is 0 Å². The molecule has 1 saturated heterocycles. The highest BCUT2D eigenvalue weighted by atomic mass is 19.1. The number of halogens is 1. The second kappa shape index (κ2) is 6.00. The van der Waals surface area contributed by atoms with Crippen LogP contribution in [-0.4, -0.2) is 23.4 Å². The van der Waals surface area contributed by atoms with Crippen LogP contribution in [0.2, 0.25) is 0 Å². The molecule has 0 unspecified atom stereocenters. The van der Waals surface area contributed by atoms with Crippen molar-refractivity contribution < 1.29 is 9.18 Å². The molecule has 1 fully saturated rings. The number of benzene rings is 1. The molecule has 1 aromatic rings. The van der Waals surface area contributed by atoms with Crippen LogP contribution >= 0.6 is 0 Å². The highest BCUT2D eigenvalue weighted by molar-refractivity contribution is 5.77. The predicted molar refractivity (Wildman–Crippen MR) is 74.4 cm³/mol. The lowest BCUT2D eigenvalue weighted by Crippen LogP contribution is -2.33. The Kier molecular flexibility index (Phi) is 4.35. The van der Waals surface area contributed by atoms with Gasteiger partial charge in [-0.1, -0.05) is 18.2 Å². The summed E-state index contributed by atoms with van der Waals surface area (Å²) in [5, 5.41) is 0. The third kappa shape index (κ3) is 3.22. The van der Waals surface area contributed by atoms with Crippen molar-refractivity contribution in [3.63, 3.8) is 0 Å². The van der Waals surface area contributed by atoms with Crippen LogP contribution in [0, 0.1) is 5.82 Å². The maximum atomic E-state index is 12.9. The third-order valence-corrected chi connectivity index (χ3v) is 3.80. The Morgan fingerprint density at radius 3 is 2.79 bits per heavy atom. The van der Waals surface area contributed by atoms with E-state index in [-0.39, 0.29) is 17.8 Å². The van der Waals surface area contributed by atoms with Gasteiger partial charge >= 0.3 is 0 Å². The monoisotopic (exact) mass is 261 g/mol. The Bertz CT molecular complexity index is 454. The zero-order valence-electron chi connectivity index (χ0n) is 11.3. The summed E-state index contributed by atoms with van der Waals surface area (Å²) in [4.78, 5) is 14.0. The molecule has 0 aromatic heterocycles. The fourth-order valence-corrected chi connectivity index (χ4v) is 2.72. The molecule has 102 valence electrons. The molecular weight excluding hydrogens is 241 g/mol. The first kappa shape index (κ1) is 13.8. The van der Waals surface area contributed by atoms with Crippen LogP contribution in [0.4, 0.5) is 4.39 Å². The molecule has 0 saturated carbocycles. The van der Waals surface area contributed by atoms with Crippen LogP contribution in [0.15, 0.2) is 36.9 Å². The van der Waals surface area contributed by atoms with Gasteiger partial charge < -0.3 is 4.90 Å². The van der Waals surface area contributed by atoms with Gasteiger partial charge in [0.1, 0.15) is 5.82 Å². The van der Waals surface area contributed by atoms with Gasteiger partial charge in [0.2, 0.25) is 5.91 Å². The van der Waals surface area contributed by atoms with Crippen molar-refractivity contribution in [2.75, 3.05) is 6.54 Å². The van der Waals surface area contributed by atoms with E-state index in [0.29, 0.717) is 12.3 Å². The number of hydrogen-bond donors (Lipinski definition) is 0. The number of carbonyl (C=O) groups is 1. The Morgan fingerprint density at radius 2 is 2.16 bits per heavy atom. The second-order valence-electron chi connectivity index (χ2n) is 5.21. The van der Waals surface area contributed by atoms with Crippen molar-refractivity contribution in [2.24, 2.45) is 0 Å². The molecule has 0 spiro atoms. The van der Waals surface area contributed by atoms with E-state index in [1.807, 2.05) is 17.0 Å². The summed E-state index contributed by atoms with van der Waals surface area (Å²) in [6.45, 7) is 6.46. The first-order valence-corrected chi connectivity index (χ1v) is 6.77. The molecule has 1 aliphatic rings. The second-order valence-corrected chi connectivity index (χ2v) is 5.21. The van der Waals surface area contributed by atoms with Gasteiger partial charge in [-0.2, -0.15) is 0 Å². The zero-order chi connectivity index (χ0) is 13.8. The maximum Gasteiger partial charge on any atom is 0.223 e. The van der Waals surface area contributed by atoms with Crippen molar-refractivity contribution >= 4 is 5.91 Å². The molecule has 0 radical (unpaired) electrons. The number of likely N-dealkylation sites (tertiary alicyclic amines) is 1. The highest BCUT2D eigenvalue weighted by Gasteiger charge is 2.32. The average Bonchev–Trinajstić information content (AvgIpc) is 2.79. The molecule has 19 heavy (non-hydrogen) atoms. The van der Waals surface area contributed by atoms with Crippen LogP contribution in [-0.2, 0) is 4.79 Å². The van der Waals surface area contributed by atoms with Crippen molar-refractivity contribution in [1.82, 2.24) is 4.90 Å². The smallest absolute Gasteiger partial charge is 0.223 e. The minimum atomic E-state index is -0.214. The number of nitrogens with zero attached hydrogens (tertiary/aromatic N) is 1. The standard InChI is InChI=1S/C16H20FNO/c1-3-4-5-16(19)18-11-14(10-12(18)2)13-6-8-15(17)9-7-13/h3,6-9,12,14H,1,4-5,10-11H2,2H3/t12-,14-/m0/s1. The third-order valence-electron chi connectivity index (χ3n) is 3.80. The summed E-state index contributed by atoms with van der Waals surface area (Å²) in [6.07, 6.45) is 3.98. The van der Waals surface area contributed by atoms with E-state index in [0.717, 1.165) is 24.9 Å². The van der Waals surface area contributed by atoms with E-state index >= 15 is 0 Å². The van der Waals surface area contributed by atoms with Crippen molar-refractivity contribution in [2.45, 2.75) is 38.1 Å². The maximum absolute atomic E-state index is 12.9. The van der Waals surface area contributed by atoms with Gasteiger partial charge in [-0.15, -0.1) is 6.58 Å². The minimum Gasteiger partial charge on any atom is -0.339 e. The Labute approximate surface area is 113 Å². The Balaban J connectivity index is 2.02. The number of hydrogen-bond acceptors (Lipinski definition) is 1. The molecule has 0 aliphatic carbocycles. The van der Waals surface area contributed by atoms with Crippen molar-refractivity contribution in [3.8, 4) is 0 Å². The molecule has 0 N–H and O–H groups in total. The van der Waals surface area contributed by atoms with Gasteiger partial charge in [0, 0.05) is 24.9 Å². The van der Waals surface area contributed by atoms with Crippen LogP contribution in [0.3, 0.4) is 0 Å². The summed E-state index contributed by atoms with van der Waals surface area (Å²) in [5.41, 5.74) is 1.12. The van der Waals surface area contributed by atoms with Gasteiger partial charge in [-0.25, -0.2) is 4.39 Å². The Morgan fingerprint density at radius 1 is 1.47 bits per heavy atom. The SMILES string of the molecule is C=CCCC(=O)N1C[C@@H](c2ccc(F)cc2)C[C@@H]1C. The highest BCUT2D eigenvalue weighted by Crippen LogP contribution is 2.32. The van der Waals surface area contributed by atoms with Gasteiger partial charge in [-0.05, 0) is 37.5 Å². The molecule has 1 amide bonds. The summed E-state index contributed by atoms with van der Waals surface area (Å²) in [7, 11) is 0. The van der Waals surface area contributed by atoms with Gasteiger partial charge in [0.25, 0.3) is 0 Å². The van der Waals surface area contributed by atoms with Gasteiger partial charge in [-0.3, -0.25) is 4.79 Å². The van der Waals surface area contributed by atoms with Gasteiger partial charge in [0.15, 0.2) is 0 Å². The predicted octanol–water partition coefficient (Wildman–Crippen LogP) is 3.50. The zero-order valence-corrected chi connectivity index (χ0v) is 11.3. The quantitative estimate of drug-likeness (QED) is 0.760. The van der Waals surface area contributed by atoms with E-state index in [4.69, 9.17) is 0 Å². The fourth-order valence-electron chi connectivity index (χ4n) is 2.72. The van der Waals surface area contributed by atoms with Crippen LogP contribution in [0.5, 0.6) is 0 Å². The van der Waals surface area contributed by atoms with E-state index < -0.39 is 0 Å². The van der Waals surface area contributed by atoms with Crippen LogP contribution in [0.25, 0.3) is 0 Å². The molecule has 0 bridgehead atoms. The summed E-state index contributed by atoms with van der Waals surface area (Å²) in [5.74, 6) is 0.300. The average molecular weight is 261 g/mol. The lowest BCUT2D eigenvalue weighted by atomic mass is 9.97. The van der Waals surface area contributed by atoms with Gasteiger partial charge in [0.05, 0.1) is 0 Å². The van der Waals surface area contributed by atoms with E-state index in [1.165, 1.54) is 12.1 Å². The number of carbonyl (C=O) groups excluding carboxylic acids is 1. The summed E-state index contributed by atoms with van der Waals surface area (Å²) >= 11 is 0. The van der Waals surface area contributed by atoms with Crippen LogP contribution in [0.1, 0.15) is 37.7 Å². The fraction of sp³-hybridized carbons (Fsp3) is 0.438. The number of rotatable bonds is 4. The normalized spacial score (nSPS) is 22.5.